The number of nitrogens with two attached hydrogens (primary N) is 1. The maximum Gasteiger partial charge on any atom is 0.221 e. The van der Waals surface area contributed by atoms with Crippen molar-refractivity contribution in [3.8, 4) is 5.75 Å². The molecule has 0 saturated carbocycles. The third kappa shape index (κ3) is 4.97. The first kappa shape index (κ1) is 25.7. The second-order valence-electron chi connectivity index (χ2n) is 10.7. The summed E-state index contributed by atoms with van der Waals surface area (Å²) in [5, 5.41) is 1.05. The van der Waals surface area contributed by atoms with E-state index >= 15 is 8.78 Å². The Balaban J connectivity index is 1.47. The molecule has 0 spiro atoms. The van der Waals surface area contributed by atoms with E-state index in [4.69, 9.17) is 10.5 Å². The number of primary amides is 1. The van der Waals surface area contributed by atoms with E-state index in [0.717, 1.165) is 47.7 Å². The van der Waals surface area contributed by atoms with E-state index in [-0.39, 0.29) is 17.4 Å². The average Bonchev–Trinajstić information content (AvgIpc) is 3.19. The Morgan fingerprint density at radius 1 is 1.22 bits per heavy atom. The normalized spacial score (nSPS) is 21.5. The van der Waals surface area contributed by atoms with Gasteiger partial charge in [-0.2, -0.15) is 0 Å². The summed E-state index contributed by atoms with van der Waals surface area (Å²) in [7, 11) is 0. The summed E-state index contributed by atoms with van der Waals surface area (Å²) in [4.78, 5) is 19.6. The molecule has 0 radical (unpaired) electrons. The number of benzene rings is 2. The number of carbonyl (C=O) groups is 1. The van der Waals surface area contributed by atoms with Gasteiger partial charge in [0.2, 0.25) is 5.91 Å². The van der Waals surface area contributed by atoms with E-state index in [2.05, 4.69) is 16.8 Å². The monoisotopic (exact) mass is 510 g/mol. The lowest BCUT2D eigenvalue weighted by Crippen LogP contribution is -2.47. The highest BCUT2D eigenvalue weighted by molar-refractivity contribution is 5.85. The standard InChI is InChI=1S/C29H36F2N4O2/c1-4-19-15-34(16-19)9-10-37-20-12-23(30)26(24(31)13-20)28-27-22(21-7-5-6-8-25(21)33-27)11-18(3)35(28)14-17(2)29(32)36/h5-8,12-13,17-19,28,33H,4,9-11,14-16H2,1-3H3,(H2,32,36)/t17-,18-,28-/m1/s1. The van der Waals surface area contributed by atoms with Crippen molar-refractivity contribution in [3.63, 3.8) is 0 Å². The van der Waals surface area contributed by atoms with Crippen molar-refractivity contribution in [1.82, 2.24) is 14.8 Å². The predicted molar refractivity (Wildman–Crippen MR) is 140 cm³/mol. The minimum absolute atomic E-state index is 0.0445. The van der Waals surface area contributed by atoms with Crippen molar-refractivity contribution in [2.24, 2.45) is 17.6 Å². The smallest absolute Gasteiger partial charge is 0.221 e. The molecule has 3 N–H and O–H groups in total. The van der Waals surface area contributed by atoms with Gasteiger partial charge in [-0.25, -0.2) is 8.78 Å². The highest BCUT2D eigenvalue weighted by Crippen LogP contribution is 2.43. The summed E-state index contributed by atoms with van der Waals surface area (Å²) >= 11 is 0. The molecule has 198 valence electrons. The molecule has 3 aromatic rings. The Morgan fingerprint density at radius 2 is 1.92 bits per heavy atom. The van der Waals surface area contributed by atoms with Crippen LogP contribution >= 0.6 is 0 Å². The second kappa shape index (κ2) is 10.4. The van der Waals surface area contributed by atoms with Crippen LogP contribution in [0.3, 0.4) is 0 Å². The van der Waals surface area contributed by atoms with Crippen LogP contribution in [0.25, 0.3) is 10.9 Å². The number of nitrogens with zero attached hydrogens (tertiary/aromatic N) is 2. The van der Waals surface area contributed by atoms with Crippen molar-refractivity contribution >= 4 is 16.8 Å². The highest BCUT2D eigenvalue weighted by Gasteiger charge is 2.39. The van der Waals surface area contributed by atoms with Crippen LogP contribution in [0.2, 0.25) is 0 Å². The van der Waals surface area contributed by atoms with E-state index in [1.807, 2.05) is 36.1 Å². The number of H-pyrrole nitrogens is 1. The van der Waals surface area contributed by atoms with Gasteiger partial charge in [-0.05, 0) is 30.9 Å². The van der Waals surface area contributed by atoms with Crippen LogP contribution in [0.4, 0.5) is 8.78 Å². The summed E-state index contributed by atoms with van der Waals surface area (Å²) in [6.45, 7) is 9.47. The molecule has 2 aliphatic heterocycles. The van der Waals surface area contributed by atoms with E-state index in [9.17, 15) is 4.79 Å². The number of hydrogen-bond donors (Lipinski definition) is 2. The Hall–Kier alpha value is -2.97. The van der Waals surface area contributed by atoms with E-state index in [1.165, 1.54) is 18.6 Å². The lowest BCUT2D eigenvalue weighted by atomic mass is 9.87. The zero-order chi connectivity index (χ0) is 26.3. The first-order chi connectivity index (χ1) is 17.8. The molecule has 0 bridgehead atoms. The molecule has 3 atom stereocenters. The Morgan fingerprint density at radius 3 is 2.59 bits per heavy atom. The molecule has 1 aromatic heterocycles. The Labute approximate surface area is 216 Å². The summed E-state index contributed by atoms with van der Waals surface area (Å²) in [5.41, 5.74) is 8.26. The minimum atomic E-state index is -0.728. The number of aromatic nitrogens is 1. The zero-order valence-corrected chi connectivity index (χ0v) is 21.8. The molecule has 5 rings (SSSR count). The van der Waals surface area contributed by atoms with Gasteiger partial charge in [0.15, 0.2) is 0 Å². The van der Waals surface area contributed by atoms with E-state index in [1.54, 1.807) is 6.92 Å². The maximum absolute atomic E-state index is 15.7. The van der Waals surface area contributed by atoms with Gasteiger partial charge in [-0.1, -0.05) is 38.5 Å². The van der Waals surface area contributed by atoms with E-state index in [0.29, 0.717) is 19.6 Å². The molecule has 1 amide bonds. The molecule has 2 aliphatic rings. The van der Waals surface area contributed by atoms with Crippen LogP contribution < -0.4 is 10.5 Å². The molecule has 1 fully saturated rings. The first-order valence-electron chi connectivity index (χ1n) is 13.2. The van der Waals surface area contributed by atoms with Crippen LogP contribution in [0.5, 0.6) is 5.75 Å². The molecule has 2 aromatic carbocycles. The van der Waals surface area contributed by atoms with Crippen LogP contribution in [-0.2, 0) is 11.2 Å². The van der Waals surface area contributed by atoms with Gasteiger partial charge in [0.25, 0.3) is 0 Å². The quantitative estimate of drug-likeness (QED) is 0.441. The topological polar surface area (TPSA) is 74.6 Å². The first-order valence-corrected chi connectivity index (χ1v) is 13.2. The number of aromatic amines is 1. The Kier molecular flexibility index (Phi) is 7.23. The van der Waals surface area contributed by atoms with Gasteiger partial charge in [-0.15, -0.1) is 0 Å². The lowest BCUT2D eigenvalue weighted by molar-refractivity contribution is -0.122. The van der Waals surface area contributed by atoms with Crippen LogP contribution in [0.1, 0.15) is 50.1 Å². The fourth-order valence-corrected chi connectivity index (χ4v) is 5.82. The highest BCUT2D eigenvalue weighted by atomic mass is 19.1. The lowest BCUT2D eigenvalue weighted by Gasteiger charge is -2.42. The molecule has 1 saturated heterocycles. The largest absolute Gasteiger partial charge is 0.492 e. The molecule has 6 nitrogen and oxygen atoms in total. The van der Waals surface area contributed by atoms with Crippen LogP contribution in [-0.4, -0.2) is 59.5 Å². The van der Waals surface area contributed by atoms with E-state index < -0.39 is 29.5 Å². The molecule has 8 heteroatoms. The van der Waals surface area contributed by atoms with Gasteiger partial charge < -0.3 is 15.5 Å². The van der Waals surface area contributed by atoms with Crippen molar-refractivity contribution in [3.05, 3.63) is 64.9 Å². The SMILES string of the molecule is CCC1CN(CCOc2cc(F)c([C@@H]3c4[nH]c5ccccc5c4C[C@@H](C)N3C[C@@H](C)C(N)=O)c(F)c2)C1. The molecule has 37 heavy (non-hydrogen) atoms. The molecular formula is C29H36F2N4O2. The number of likely N-dealkylation sites (tertiary alicyclic amines) is 1. The number of amides is 1. The van der Waals surface area contributed by atoms with Gasteiger partial charge in [0, 0.05) is 72.4 Å². The zero-order valence-electron chi connectivity index (χ0n) is 21.8. The number of fused-ring (bicyclic) bond motifs is 3. The molecule has 0 aliphatic carbocycles. The summed E-state index contributed by atoms with van der Waals surface area (Å²) < 4.78 is 37.2. The summed E-state index contributed by atoms with van der Waals surface area (Å²) in [5.74, 6) is -1.31. The predicted octanol–water partition coefficient (Wildman–Crippen LogP) is 4.62. The molecular weight excluding hydrogens is 474 g/mol. The number of carbonyl (C=O) groups excluding carboxylic acids is 1. The minimum Gasteiger partial charge on any atom is -0.492 e. The Bertz CT molecular complexity index is 1260. The van der Waals surface area contributed by atoms with Gasteiger partial charge in [-0.3, -0.25) is 14.6 Å². The van der Waals surface area contributed by atoms with Crippen molar-refractivity contribution < 1.29 is 18.3 Å². The number of halogens is 2. The fourth-order valence-electron chi connectivity index (χ4n) is 5.82. The number of hydrogen-bond acceptors (Lipinski definition) is 4. The fraction of sp³-hybridized carbons (Fsp3) is 0.483. The van der Waals surface area contributed by atoms with Crippen LogP contribution in [0.15, 0.2) is 36.4 Å². The average molecular weight is 511 g/mol. The van der Waals surface area contributed by atoms with Gasteiger partial charge >= 0.3 is 0 Å². The second-order valence-corrected chi connectivity index (χ2v) is 10.7. The van der Waals surface area contributed by atoms with Crippen molar-refractivity contribution in [2.45, 2.75) is 45.7 Å². The summed E-state index contributed by atoms with van der Waals surface area (Å²) in [6.07, 6.45) is 1.86. The molecule has 3 heterocycles. The van der Waals surface area contributed by atoms with Gasteiger partial charge in [0.1, 0.15) is 24.0 Å². The number of nitrogens with one attached hydrogen (secondary N) is 1. The summed E-state index contributed by atoms with van der Waals surface area (Å²) in [6, 6.07) is 9.67. The third-order valence-electron chi connectivity index (χ3n) is 8.10. The third-order valence-corrected chi connectivity index (χ3v) is 8.10. The van der Waals surface area contributed by atoms with Gasteiger partial charge in [0.05, 0.1) is 6.04 Å². The number of para-hydroxylation sites is 1. The number of rotatable bonds is 9. The molecule has 0 unspecified atom stereocenters. The van der Waals surface area contributed by atoms with Crippen molar-refractivity contribution in [1.29, 1.82) is 0 Å². The number of ether oxygens (including phenoxy) is 1. The maximum atomic E-state index is 15.7. The van der Waals surface area contributed by atoms with Crippen molar-refractivity contribution in [2.75, 3.05) is 32.8 Å². The van der Waals surface area contributed by atoms with Crippen LogP contribution in [0, 0.1) is 23.5 Å².